The zero-order chi connectivity index (χ0) is 20.0. The van der Waals surface area contributed by atoms with E-state index in [1.807, 2.05) is 56.3 Å². The van der Waals surface area contributed by atoms with Gasteiger partial charge in [0.25, 0.3) is 0 Å². The molecule has 0 amide bonds. The van der Waals surface area contributed by atoms with Gasteiger partial charge >= 0.3 is 0 Å². The summed E-state index contributed by atoms with van der Waals surface area (Å²) < 4.78 is 0. The van der Waals surface area contributed by atoms with Crippen LogP contribution in [-0.4, -0.2) is 31.1 Å². The van der Waals surface area contributed by atoms with Crippen LogP contribution in [0.25, 0.3) is 43.9 Å². The first-order chi connectivity index (χ1) is 14.1. The van der Waals surface area contributed by atoms with E-state index in [-0.39, 0.29) is 6.04 Å². The molecule has 5 aromatic rings. The largest absolute Gasteiger partial charge is 0.360 e. The highest BCUT2D eigenvalue weighted by Crippen LogP contribution is 2.32. The summed E-state index contributed by atoms with van der Waals surface area (Å²) >= 11 is 5.35. The van der Waals surface area contributed by atoms with E-state index < -0.39 is 0 Å². The Bertz CT molecular complexity index is 1410. The van der Waals surface area contributed by atoms with Crippen molar-refractivity contribution in [3.8, 4) is 0 Å². The lowest BCUT2D eigenvalue weighted by Crippen LogP contribution is -2.33. The van der Waals surface area contributed by atoms with Crippen molar-refractivity contribution in [2.45, 2.75) is 19.9 Å². The second-order valence-electron chi connectivity index (χ2n) is 7.18. The van der Waals surface area contributed by atoms with Gasteiger partial charge in [0.05, 0.1) is 22.1 Å². The summed E-state index contributed by atoms with van der Waals surface area (Å²) in [6.45, 7) is 4.09. The molecule has 0 aliphatic rings. The van der Waals surface area contributed by atoms with E-state index >= 15 is 0 Å². The molecule has 5 rings (SSSR count). The Kier molecular flexibility index (Phi) is 4.17. The molecule has 0 atom stereocenters. The Morgan fingerprint density at radius 1 is 0.828 bits per heavy atom. The molecule has 142 valence electrons. The summed E-state index contributed by atoms with van der Waals surface area (Å²) in [4.78, 5) is 19.0. The van der Waals surface area contributed by atoms with E-state index in [0.29, 0.717) is 5.11 Å². The van der Waals surface area contributed by atoms with Crippen LogP contribution in [-0.2, 0) is 0 Å². The van der Waals surface area contributed by atoms with Crippen molar-refractivity contribution in [3.63, 3.8) is 0 Å². The molecule has 29 heavy (non-hydrogen) atoms. The van der Waals surface area contributed by atoms with Gasteiger partial charge in [-0.3, -0.25) is 9.97 Å². The lowest BCUT2D eigenvalue weighted by Gasteiger charge is -2.13. The predicted molar refractivity (Wildman–Crippen MR) is 122 cm³/mol. The van der Waals surface area contributed by atoms with Gasteiger partial charge in [0.1, 0.15) is 11.0 Å². The minimum Gasteiger partial charge on any atom is -0.360 e. The van der Waals surface area contributed by atoms with E-state index in [0.717, 1.165) is 49.6 Å². The lowest BCUT2D eigenvalue weighted by molar-refractivity contribution is 0.739. The maximum atomic E-state index is 5.35. The third kappa shape index (κ3) is 3.09. The van der Waals surface area contributed by atoms with Crippen molar-refractivity contribution < 1.29 is 0 Å². The molecule has 0 saturated heterocycles. The molecular weight excluding hydrogens is 380 g/mol. The highest BCUT2D eigenvalue weighted by molar-refractivity contribution is 7.80. The summed E-state index contributed by atoms with van der Waals surface area (Å²) in [5.41, 5.74) is 5.61. The monoisotopic (exact) mass is 398 g/mol. The van der Waals surface area contributed by atoms with E-state index in [1.165, 1.54) is 0 Å². The SMILES string of the molecule is CC(C)NC(=S)Nc1ccc2nc3c4ncccc4c4cccnc4c3nc2c1. The number of fused-ring (bicyclic) bond motifs is 7. The Morgan fingerprint density at radius 2 is 1.45 bits per heavy atom. The number of aromatic nitrogens is 4. The van der Waals surface area contributed by atoms with E-state index in [2.05, 4.69) is 20.6 Å². The smallest absolute Gasteiger partial charge is 0.170 e. The maximum Gasteiger partial charge on any atom is 0.170 e. The van der Waals surface area contributed by atoms with Crippen LogP contribution in [0.2, 0.25) is 0 Å². The lowest BCUT2D eigenvalue weighted by atomic mass is 10.1. The zero-order valence-corrected chi connectivity index (χ0v) is 16.8. The van der Waals surface area contributed by atoms with E-state index in [9.17, 15) is 0 Å². The Labute approximate surface area is 172 Å². The molecule has 0 aliphatic carbocycles. The van der Waals surface area contributed by atoms with Crippen LogP contribution in [0.1, 0.15) is 13.8 Å². The van der Waals surface area contributed by atoms with Crippen LogP contribution in [0.15, 0.2) is 54.9 Å². The quantitative estimate of drug-likeness (QED) is 0.256. The first kappa shape index (κ1) is 17.6. The highest BCUT2D eigenvalue weighted by atomic mass is 32.1. The molecule has 7 heteroatoms. The average Bonchev–Trinajstić information content (AvgIpc) is 2.72. The zero-order valence-electron chi connectivity index (χ0n) is 16.0. The number of hydrogen-bond donors (Lipinski definition) is 2. The standard InChI is InChI=1S/C22H18N6S/c1-12(2)25-22(29)26-13-7-8-16-17(11-13)28-21-19-15(6-4-10-24-19)14-5-3-9-23-18(14)20(21)27-16/h3-12H,1-2H3,(H2,25,26,29). The predicted octanol–water partition coefficient (Wildman–Crippen LogP) is 4.57. The van der Waals surface area contributed by atoms with Crippen molar-refractivity contribution >= 4 is 66.9 Å². The Hall–Kier alpha value is -3.45. The number of anilines is 1. The fourth-order valence-corrected chi connectivity index (χ4v) is 3.87. The Balaban J connectivity index is 1.75. The molecule has 0 aliphatic heterocycles. The second-order valence-corrected chi connectivity index (χ2v) is 7.58. The van der Waals surface area contributed by atoms with Crippen molar-refractivity contribution in [1.29, 1.82) is 0 Å². The molecule has 0 saturated carbocycles. The fourth-order valence-electron chi connectivity index (χ4n) is 3.51. The topological polar surface area (TPSA) is 75.6 Å². The van der Waals surface area contributed by atoms with Gasteiger partial charge in [0, 0.05) is 34.9 Å². The normalized spacial score (nSPS) is 11.6. The average molecular weight is 398 g/mol. The highest BCUT2D eigenvalue weighted by Gasteiger charge is 2.14. The van der Waals surface area contributed by atoms with E-state index in [4.69, 9.17) is 22.2 Å². The third-order valence-corrected chi connectivity index (χ3v) is 4.92. The van der Waals surface area contributed by atoms with Crippen LogP contribution >= 0.6 is 12.2 Å². The fraction of sp³-hybridized carbons (Fsp3) is 0.136. The molecule has 2 aromatic carbocycles. The summed E-state index contributed by atoms with van der Waals surface area (Å²) in [7, 11) is 0. The van der Waals surface area contributed by atoms with Gasteiger partial charge < -0.3 is 10.6 Å². The first-order valence-electron chi connectivity index (χ1n) is 9.40. The maximum absolute atomic E-state index is 5.35. The minimum atomic E-state index is 0.261. The molecule has 0 radical (unpaired) electrons. The van der Waals surface area contributed by atoms with Crippen molar-refractivity contribution in [2.24, 2.45) is 0 Å². The summed E-state index contributed by atoms with van der Waals surface area (Å²) in [5, 5.41) is 9.01. The number of nitrogens with one attached hydrogen (secondary N) is 2. The molecule has 3 heterocycles. The molecule has 3 aromatic heterocycles. The number of thiocarbonyl (C=S) groups is 1. The molecule has 6 nitrogen and oxygen atoms in total. The number of hydrogen-bond acceptors (Lipinski definition) is 5. The van der Waals surface area contributed by atoms with Crippen molar-refractivity contribution in [1.82, 2.24) is 25.3 Å². The van der Waals surface area contributed by atoms with Gasteiger partial charge in [0.15, 0.2) is 5.11 Å². The third-order valence-electron chi connectivity index (χ3n) is 4.70. The van der Waals surface area contributed by atoms with Crippen LogP contribution < -0.4 is 10.6 Å². The summed E-state index contributed by atoms with van der Waals surface area (Å²) in [6, 6.07) is 14.1. The molecule has 0 bridgehead atoms. The van der Waals surface area contributed by atoms with Gasteiger partial charge in [0.2, 0.25) is 0 Å². The molecule has 2 N–H and O–H groups in total. The first-order valence-corrected chi connectivity index (χ1v) is 9.81. The molecule has 0 spiro atoms. The van der Waals surface area contributed by atoms with Gasteiger partial charge in [-0.1, -0.05) is 12.1 Å². The van der Waals surface area contributed by atoms with Crippen molar-refractivity contribution in [2.75, 3.05) is 5.32 Å². The summed E-state index contributed by atoms with van der Waals surface area (Å²) in [6.07, 6.45) is 3.56. The number of pyridine rings is 2. The second kappa shape index (κ2) is 6.86. The van der Waals surface area contributed by atoms with Crippen LogP contribution in [0, 0.1) is 0 Å². The molecule has 0 unspecified atom stereocenters. The number of rotatable bonds is 2. The minimum absolute atomic E-state index is 0.261. The summed E-state index contributed by atoms with van der Waals surface area (Å²) in [5.74, 6) is 0. The van der Waals surface area contributed by atoms with Gasteiger partial charge in [-0.05, 0) is 56.4 Å². The Morgan fingerprint density at radius 3 is 2.07 bits per heavy atom. The molecular formula is C22H18N6S. The van der Waals surface area contributed by atoms with Gasteiger partial charge in [-0.2, -0.15) is 0 Å². The van der Waals surface area contributed by atoms with Crippen LogP contribution in [0.4, 0.5) is 5.69 Å². The van der Waals surface area contributed by atoms with Gasteiger partial charge in [-0.25, -0.2) is 9.97 Å². The number of nitrogens with zero attached hydrogens (tertiary/aromatic N) is 4. The number of benzene rings is 2. The van der Waals surface area contributed by atoms with Crippen molar-refractivity contribution in [3.05, 3.63) is 54.9 Å². The van der Waals surface area contributed by atoms with Crippen LogP contribution in [0.5, 0.6) is 0 Å². The molecule has 0 fully saturated rings. The van der Waals surface area contributed by atoms with Gasteiger partial charge in [-0.15, -0.1) is 0 Å². The van der Waals surface area contributed by atoms with E-state index in [1.54, 1.807) is 12.4 Å². The van der Waals surface area contributed by atoms with Crippen LogP contribution in [0.3, 0.4) is 0 Å².